The number of carboxylic acid groups (broad SMARTS) is 2. The van der Waals surface area contributed by atoms with Gasteiger partial charge in [-0.05, 0) is 0 Å². The van der Waals surface area contributed by atoms with Crippen LogP contribution in [-0.2, 0) is 19.2 Å². The predicted octanol–water partition coefficient (Wildman–Crippen LogP) is -0.434. The summed E-state index contributed by atoms with van der Waals surface area (Å²) in [6.07, 6.45) is -0.242. The molecule has 0 heterocycles. The summed E-state index contributed by atoms with van der Waals surface area (Å²) in [7, 11) is 0. The molecule has 0 aromatic carbocycles. The maximum atomic E-state index is 11.5. The Morgan fingerprint density at radius 3 is 1.44 bits per heavy atom. The molecule has 6 heteroatoms. The number of carboxylic acids is 2. The highest BCUT2D eigenvalue weighted by Gasteiger charge is 2.57. The Labute approximate surface area is 90.2 Å². The third kappa shape index (κ3) is 1.33. The van der Waals surface area contributed by atoms with E-state index in [1.807, 2.05) is 0 Å². The van der Waals surface area contributed by atoms with Crippen LogP contribution in [-0.4, -0.2) is 33.7 Å². The Balaban J connectivity index is 2.43. The molecule has 0 aromatic heterocycles. The van der Waals surface area contributed by atoms with Crippen molar-refractivity contribution in [2.45, 2.75) is 12.8 Å². The predicted molar refractivity (Wildman–Crippen MR) is 48.5 cm³/mol. The van der Waals surface area contributed by atoms with Gasteiger partial charge >= 0.3 is 11.9 Å². The molecule has 3 aliphatic carbocycles. The topological polar surface area (TPSA) is 109 Å². The van der Waals surface area contributed by atoms with Gasteiger partial charge in [-0.15, -0.1) is 0 Å². The van der Waals surface area contributed by atoms with Crippen LogP contribution in [0.15, 0.2) is 0 Å². The van der Waals surface area contributed by atoms with Crippen molar-refractivity contribution in [3.63, 3.8) is 0 Å². The van der Waals surface area contributed by atoms with E-state index in [9.17, 15) is 19.2 Å². The summed E-state index contributed by atoms with van der Waals surface area (Å²) in [6.45, 7) is 0. The summed E-state index contributed by atoms with van der Waals surface area (Å²) >= 11 is 0. The summed E-state index contributed by atoms with van der Waals surface area (Å²) in [4.78, 5) is 44.9. The standard InChI is InChI=1S/C10H10O6/c11-5-1-3-6(12)2-4(5)8(10(15)16)7(3)9(13)14/h3-4,7-8H,1-2H2,(H,13,14)(H,15,16)/t3-,4+,7-,8+. The van der Waals surface area contributed by atoms with E-state index in [1.165, 1.54) is 0 Å². The molecule has 3 saturated carbocycles. The molecular formula is C10H10O6. The van der Waals surface area contributed by atoms with Gasteiger partial charge in [0, 0.05) is 24.7 Å². The van der Waals surface area contributed by atoms with Crippen LogP contribution in [0.2, 0.25) is 0 Å². The Morgan fingerprint density at radius 2 is 1.19 bits per heavy atom. The highest BCUT2D eigenvalue weighted by Crippen LogP contribution is 2.45. The van der Waals surface area contributed by atoms with E-state index < -0.39 is 35.6 Å². The lowest BCUT2D eigenvalue weighted by atomic mass is 9.57. The number of fused-ring (bicyclic) bond motifs is 3. The minimum Gasteiger partial charge on any atom is -0.481 e. The van der Waals surface area contributed by atoms with Crippen molar-refractivity contribution >= 4 is 23.5 Å². The van der Waals surface area contributed by atoms with Gasteiger partial charge in [-0.25, -0.2) is 0 Å². The zero-order chi connectivity index (χ0) is 12.0. The van der Waals surface area contributed by atoms with Gasteiger partial charge in [0.1, 0.15) is 11.6 Å². The van der Waals surface area contributed by atoms with Gasteiger partial charge in [-0.3, -0.25) is 19.2 Å². The summed E-state index contributed by atoms with van der Waals surface area (Å²) < 4.78 is 0. The minimum absolute atomic E-state index is 0.121. The molecular weight excluding hydrogens is 216 g/mol. The lowest BCUT2D eigenvalue weighted by molar-refractivity contribution is -0.172. The first-order valence-electron chi connectivity index (χ1n) is 4.94. The molecule has 86 valence electrons. The zero-order valence-electron chi connectivity index (χ0n) is 8.25. The molecule has 6 nitrogen and oxygen atoms in total. The molecule has 3 rings (SSSR count). The number of Topliss-reactive ketones (excluding diaryl/α,β-unsaturated/α-hetero) is 2. The second kappa shape index (κ2) is 3.40. The van der Waals surface area contributed by atoms with Crippen LogP contribution in [0.4, 0.5) is 0 Å². The van der Waals surface area contributed by atoms with Crippen molar-refractivity contribution in [3.8, 4) is 0 Å². The Bertz CT molecular complexity index is 360. The van der Waals surface area contributed by atoms with E-state index in [0.29, 0.717) is 0 Å². The number of aliphatic carboxylic acids is 2. The van der Waals surface area contributed by atoms with Gasteiger partial charge in [0.05, 0.1) is 11.8 Å². The van der Waals surface area contributed by atoms with Gasteiger partial charge in [-0.2, -0.15) is 0 Å². The number of hydrogen-bond acceptors (Lipinski definition) is 4. The molecule has 3 aliphatic rings. The lowest BCUT2D eigenvalue weighted by Crippen LogP contribution is -2.55. The Kier molecular flexibility index (Phi) is 2.29. The van der Waals surface area contributed by atoms with Crippen LogP contribution >= 0.6 is 0 Å². The van der Waals surface area contributed by atoms with Crippen molar-refractivity contribution in [1.82, 2.24) is 0 Å². The number of carbonyl (C=O) groups is 4. The first kappa shape index (κ1) is 10.8. The van der Waals surface area contributed by atoms with Gasteiger partial charge < -0.3 is 10.2 Å². The van der Waals surface area contributed by atoms with E-state index >= 15 is 0 Å². The molecule has 0 spiro atoms. The SMILES string of the molecule is O=C(O)[C@@H]1[C@H](C(=O)O)[C@@H]2CC(=O)[C@@H]1CC2=O. The average Bonchev–Trinajstić information content (AvgIpc) is 2.17. The first-order valence-corrected chi connectivity index (χ1v) is 4.94. The lowest BCUT2D eigenvalue weighted by Gasteiger charge is -2.42. The van der Waals surface area contributed by atoms with Crippen LogP contribution < -0.4 is 0 Å². The van der Waals surface area contributed by atoms with Crippen molar-refractivity contribution < 1.29 is 29.4 Å². The van der Waals surface area contributed by atoms with Crippen LogP contribution in [0.25, 0.3) is 0 Å². The van der Waals surface area contributed by atoms with Gasteiger partial charge in [0.25, 0.3) is 0 Å². The van der Waals surface area contributed by atoms with Crippen molar-refractivity contribution in [3.05, 3.63) is 0 Å². The minimum atomic E-state index is -1.30. The molecule has 0 saturated heterocycles. The maximum Gasteiger partial charge on any atom is 0.308 e. The highest BCUT2D eigenvalue weighted by atomic mass is 16.4. The number of hydrogen-bond donors (Lipinski definition) is 2. The third-order valence-electron chi connectivity index (χ3n) is 3.49. The van der Waals surface area contributed by atoms with E-state index in [2.05, 4.69) is 0 Å². The smallest absolute Gasteiger partial charge is 0.308 e. The second-order valence-electron chi connectivity index (χ2n) is 4.28. The quantitative estimate of drug-likeness (QED) is 0.661. The summed E-state index contributed by atoms with van der Waals surface area (Å²) in [6, 6.07) is 0. The van der Waals surface area contributed by atoms with E-state index in [4.69, 9.17) is 10.2 Å². The largest absolute Gasteiger partial charge is 0.481 e. The van der Waals surface area contributed by atoms with Crippen LogP contribution in [0.3, 0.4) is 0 Å². The third-order valence-corrected chi connectivity index (χ3v) is 3.49. The fourth-order valence-corrected chi connectivity index (χ4v) is 2.77. The molecule has 3 fully saturated rings. The normalized spacial score (nSPS) is 37.5. The van der Waals surface area contributed by atoms with E-state index in [0.717, 1.165) is 0 Å². The molecule has 2 N–H and O–H groups in total. The molecule has 4 atom stereocenters. The first-order chi connectivity index (χ1) is 7.43. The van der Waals surface area contributed by atoms with E-state index in [-0.39, 0.29) is 24.4 Å². The molecule has 0 aliphatic heterocycles. The van der Waals surface area contributed by atoms with Crippen LogP contribution in [0.1, 0.15) is 12.8 Å². The van der Waals surface area contributed by atoms with Gasteiger partial charge in [-0.1, -0.05) is 0 Å². The Morgan fingerprint density at radius 1 is 0.875 bits per heavy atom. The number of ketones is 2. The maximum absolute atomic E-state index is 11.5. The van der Waals surface area contributed by atoms with Crippen molar-refractivity contribution in [2.24, 2.45) is 23.7 Å². The molecule has 16 heavy (non-hydrogen) atoms. The van der Waals surface area contributed by atoms with Crippen LogP contribution in [0.5, 0.6) is 0 Å². The van der Waals surface area contributed by atoms with Crippen molar-refractivity contribution in [2.75, 3.05) is 0 Å². The molecule has 0 amide bonds. The second-order valence-corrected chi connectivity index (χ2v) is 4.28. The molecule has 2 bridgehead atoms. The summed E-state index contributed by atoms with van der Waals surface area (Å²) in [5.41, 5.74) is 0. The summed E-state index contributed by atoms with van der Waals surface area (Å²) in [5, 5.41) is 17.9. The summed E-state index contributed by atoms with van der Waals surface area (Å²) in [5.74, 6) is -7.59. The molecule has 0 radical (unpaired) electrons. The Hall–Kier alpha value is -1.72. The monoisotopic (exact) mass is 226 g/mol. The highest BCUT2D eigenvalue weighted by molar-refractivity contribution is 6.04. The molecule has 0 unspecified atom stereocenters. The fourth-order valence-electron chi connectivity index (χ4n) is 2.77. The van der Waals surface area contributed by atoms with Crippen molar-refractivity contribution in [1.29, 1.82) is 0 Å². The van der Waals surface area contributed by atoms with Gasteiger partial charge in [0.15, 0.2) is 0 Å². The fraction of sp³-hybridized carbons (Fsp3) is 0.600. The number of carbonyl (C=O) groups excluding carboxylic acids is 2. The zero-order valence-corrected chi connectivity index (χ0v) is 8.25. The van der Waals surface area contributed by atoms with Gasteiger partial charge in [0.2, 0.25) is 0 Å². The number of rotatable bonds is 2. The van der Waals surface area contributed by atoms with Crippen LogP contribution in [0, 0.1) is 23.7 Å². The van der Waals surface area contributed by atoms with E-state index in [1.54, 1.807) is 0 Å². The molecule has 0 aromatic rings. The average molecular weight is 226 g/mol.